The van der Waals surface area contributed by atoms with E-state index in [-0.39, 0.29) is 10.8 Å². The van der Waals surface area contributed by atoms with E-state index in [0.717, 1.165) is 48.2 Å². The van der Waals surface area contributed by atoms with Crippen molar-refractivity contribution in [2.45, 2.75) is 57.4 Å². The number of pyridine rings is 1. The lowest BCUT2D eigenvalue weighted by Gasteiger charge is -2.31. The van der Waals surface area contributed by atoms with Crippen molar-refractivity contribution >= 4 is 27.3 Å². The van der Waals surface area contributed by atoms with Crippen LogP contribution in [0.15, 0.2) is 16.7 Å². The normalized spacial score (nSPS) is 19.0. The number of aromatic nitrogens is 1. The molecule has 25 heavy (non-hydrogen) atoms. The van der Waals surface area contributed by atoms with Gasteiger partial charge in [0.2, 0.25) is 0 Å². The van der Waals surface area contributed by atoms with Crippen molar-refractivity contribution in [1.82, 2.24) is 9.71 Å². The summed E-state index contributed by atoms with van der Waals surface area (Å²) in [5.74, 6) is 0.545. The van der Waals surface area contributed by atoms with Crippen LogP contribution >= 0.6 is 15.9 Å². The predicted molar refractivity (Wildman–Crippen MR) is 105 cm³/mol. The molecule has 142 valence electrons. The Morgan fingerprint density at radius 3 is 2.72 bits per heavy atom. The number of methoxy groups -OCH3 is 1. The minimum atomic E-state index is -1.16. The van der Waals surface area contributed by atoms with E-state index >= 15 is 0 Å². The summed E-state index contributed by atoms with van der Waals surface area (Å²) in [7, 11) is 1.68. The van der Waals surface area contributed by atoms with Crippen LogP contribution in [-0.4, -0.2) is 34.6 Å². The average Bonchev–Trinajstić information content (AvgIpc) is 2.55. The van der Waals surface area contributed by atoms with Gasteiger partial charge in [-0.15, -0.1) is 4.72 Å². The third-order valence-electron chi connectivity index (χ3n) is 4.31. The Labute approximate surface area is 162 Å². The zero-order valence-corrected chi connectivity index (χ0v) is 17.9. The Balaban J connectivity index is 2.26. The molecule has 1 N–H and O–H groups in total. The first-order valence-electron chi connectivity index (χ1n) is 8.70. The number of hydrogen-bond acceptors (Lipinski definition) is 5. The fourth-order valence-corrected chi connectivity index (χ4v) is 4.11. The van der Waals surface area contributed by atoms with Crippen molar-refractivity contribution in [3.63, 3.8) is 0 Å². The molecule has 0 unspecified atom stereocenters. The summed E-state index contributed by atoms with van der Waals surface area (Å²) >= 11 is 2.32. The zero-order valence-electron chi connectivity index (χ0n) is 15.5. The summed E-state index contributed by atoms with van der Waals surface area (Å²) in [6.07, 6.45) is 4.77. The lowest BCUT2D eigenvalue weighted by Crippen LogP contribution is -2.42. The van der Waals surface area contributed by atoms with Gasteiger partial charge in [-0.2, -0.15) is 0 Å². The zero-order chi connectivity index (χ0) is 18.4. The Hall–Kier alpha value is -0.180. The van der Waals surface area contributed by atoms with Gasteiger partial charge in [0.15, 0.2) is 0 Å². The first-order chi connectivity index (χ1) is 11.8. The molecule has 0 spiro atoms. The van der Waals surface area contributed by atoms with Crippen LogP contribution in [-0.2, 0) is 27.4 Å². The number of nitrogens with one attached hydrogen (secondary N) is 1. The fourth-order valence-electron chi connectivity index (χ4n) is 2.91. The van der Waals surface area contributed by atoms with E-state index in [2.05, 4.69) is 25.6 Å². The maximum atomic E-state index is 12.7. The molecule has 0 bridgehead atoms. The molecule has 1 saturated heterocycles. The van der Waals surface area contributed by atoms with Gasteiger partial charge in [0.25, 0.3) is 0 Å². The number of ether oxygens (including phenoxy) is 2. The monoisotopic (exact) mass is 432 g/mol. The quantitative estimate of drug-likeness (QED) is 0.661. The molecular formula is C18H29BrN2O3S. The highest BCUT2D eigenvalue weighted by Crippen LogP contribution is 2.31. The van der Waals surface area contributed by atoms with E-state index in [1.54, 1.807) is 13.3 Å². The number of halogens is 1. The molecule has 2 heterocycles. The van der Waals surface area contributed by atoms with Crippen LogP contribution in [0.5, 0.6) is 0 Å². The summed E-state index contributed by atoms with van der Waals surface area (Å²) in [4.78, 5) is 4.64. The highest BCUT2D eigenvalue weighted by atomic mass is 79.9. The molecule has 7 heteroatoms. The second-order valence-corrected chi connectivity index (χ2v) is 10.4. The third kappa shape index (κ3) is 6.48. The SMILES string of the molecule is COCc1cc(Br)cnc1[C@H](CC1CCOCC1)N[S@+]([O-])C(C)(C)C. The molecule has 1 fully saturated rings. The highest BCUT2D eigenvalue weighted by molar-refractivity contribution is 9.10. The van der Waals surface area contributed by atoms with Crippen molar-refractivity contribution < 1.29 is 14.0 Å². The van der Waals surface area contributed by atoms with Gasteiger partial charge in [-0.25, -0.2) is 0 Å². The van der Waals surface area contributed by atoms with E-state index in [0.29, 0.717) is 12.5 Å². The second kappa shape index (κ2) is 9.67. The highest BCUT2D eigenvalue weighted by Gasteiger charge is 2.33. The minimum absolute atomic E-state index is 0.0681. The van der Waals surface area contributed by atoms with Crippen LogP contribution in [0.25, 0.3) is 0 Å². The Morgan fingerprint density at radius 1 is 1.44 bits per heavy atom. The van der Waals surface area contributed by atoms with Crippen molar-refractivity contribution in [3.8, 4) is 0 Å². The molecule has 0 amide bonds. The van der Waals surface area contributed by atoms with E-state index in [9.17, 15) is 4.55 Å². The fraction of sp³-hybridized carbons (Fsp3) is 0.722. The van der Waals surface area contributed by atoms with Crippen LogP contribution < -0.4 is 4.72 Å². The van der Waals surface area contributed by atoms with Gasteiger partial charge in [-0.3, -0.25) is 4.98 Å². The van der Waals surface area contributed by atoms with Gasteiger partial charge in [-0.1, -0.05) is 0 Å². The third-order valence-corrected chi connectivity index (χ3v) is 6.36. The van der Waals surface area contributed by atoms with Crippen LogP contribution in [0.1, 0.15) is 57.3 Å². The van der Waals surface area contributed by atoms with Crippen molar-refractivity contribution in [2.75, 3.05) is 20.3 Å². The van der Waals surface area contributed by atoms with E-state index < -0.39 is 11.4 Å². The smallest absolute Gasteiger partial charge is 0.136 e. The molecule has 5 nitrogen and oxygen atoms in total. The van der Waals surface area contributed by atoms with E-state index in [4.69, 9.17) is 9.47 Å². The van der Waals surface area contributed by atoms with Crippen molar-refractivity contribution in [2.24, 2.45) is 5.92 Å². The molecule has 0 aliphatic carbocycles. The van der Waals surface area contributed by atoms with Gasteiger partial charge >= 0.3 is 0 Å². The van der Waals surface area contributed by atoms with E-state index in [1.165, 1.54) is 0 Å². The van der Waals surface area contributed by atoms with Gasteiger partial charge < -0.3 is 14.0 Å². The van der Waals surface area contributed by atoms with Crippen LogP contribution in [0, 0.1) is 5.92 Å². The summed E-state index contributed by atoms with van der Waals surface area (Å²) < 4.78 is 27.5. The second-order valence-electron chi connectivity index (χ2n) is 7.47. The molecular weight excluding hydrogens is 404 g/mol. The number of hydrogen-bond donors (Lipinski definition) is 1. The Bertz CT molecular complexity index is 548. The number of rotatable bonds is 7. The summed E-state index contributed by atoms with van der Waals surface area (Å²) in [5.41, 5.74) is 1.95. The average molecular weight is 433 g/mol. The first-order valence-corrected chi connectivity index (χ1v) is 10.6. The maximum Gasteiger partial charge on any atom is 0.136 e. The summed E-state index contributed by atoms with van der Waals surface area (Å²) in [6.45, 7) is 8.03. The molecule has 0 saturated carbocycles. The van der Waals surface area contributed by atoms with Crippen LogP contribution in [0.3, 0.4) is 0 Å². The summed E-state index contributed by atoms with van der Waals surface area (Å²) in [5, 5.41) is 0. The topological polar surface area (TPSA) is 66.4 Å². The lowest BCUT2D eigenvalue weighted by atomic mass is 9.90. The number of nitrogens with zero attached hydrogens (tertiary/aromatic N) is 1. The van der Waals surface area contributed by atoms with Gasteiger partial charge in [0, 0.05) is 47.9 Å². The lowest BCUT2D eigenvalue weighted by molar-refractivity contribution is 0.0610. The molecule has 0 radical (unpaired) electrons. The van der Waals surface area contributed by atoms with Crippen molar-refractivity contribution in [1.29, 1.82) is 0 Å². The van der Waals surface area contributed by atoms with Gasteiger partial charge in [0.1, 0.15) is 4.75 Å². The van der Waals surface area contributed by atoms with Crippen LogP contribution in [0.4, 0.5) is 0 Å². The molecule has 1 aliphatic heterocycles. The standard InChI is InChI=1S/C18H29BrN2O3S/c1-18(2,3)25(22)21-16(9-13-5-7-24-8-6-13)17-14(12-23-4)10-15(19)11-20-17/h10-11,13,16,21H,5-9,12H2,1-4H3/t16-,25+/m0/s1. The maximum absolute atomic E-state index is 12.7. The Morgan fingerprint density at radius 2 is 2.12 bits per heavy atom. The molecule has 1 aromatic rings. The molecule has 2 rings (SSSR count). The minimum Gasteiger partial charge on any atom is -0.598 e. The van der Waals surface area contributed by atoms with E-state index in [1.807, 2.05) is 26.8 Å². The molecule has 0 aromatic carbocycles. The predicted octanol–water partition coefficient (Wildman–Crippen LogP) is 3.90. The Kier molecular flexibility index (Phi) is 8.17. The van der Waals surface area contributed by atoms with Crippen molar-refractivity contribution in [3.05, 3.63) is 28.0 Å². The largest absolute Gasteiger partial charge is 0.598 e. The molecule has 1 aliphatic rings. The summed E-state index contributed by atoms with van der Waals surface area (Å²) in [6, 6.07) is 1.96. The van der Waals surface area contributed by atoms with Crippen LogP contribution in [0.2, 0.25) is 0 Å². The molecule has 2 atom stereocenters. The van der Waals surface area contributed by atoms with Gasteiger partial charge in [0.05, 0.1) is 18.3 Å². The first kappa shape index (κ1) is 21.1. The van der Waals surface area contributed by atoms with Gasteiger partial charge in [-0.05, 0) is 67.9 Å². The molecule has 1 aromatic heterocycles.